The minimum Gasteiger partial charge on any atom is -0.496 e. The highest BCUT2D eigenvalue weighted by molar-refractivity contribution is 9.09. The van der Waals surface area contributed by atoms with Crippen molar-refractivity contribution in [3.05, 3.63) is 29.3 Å². The monoisotopic (exact) mass is 314 g/mol. The summed E-state index contributed by atoms with van der Waals surface area (Å²) in [7, 11) is 1.46. The first kappa shape index (κ1) is 14.7. The molecule has 0 atom stereocenters. The van der Waals surface area contributed by atoms with Crippen molar-refractivity contribution >= 4 is 27.7 Å². The Kier molecular flexibility index (Phi) is 5.85. The summed E-state index contributed by atoms with van der Waals surface area (Å²) >= 11 is 3.21. The van der Waals surface area contributed by atoms with E-state index >= 15 is 0 Å². The Labute approximate surface area is 114 Å². The molecule has 98 valence electrons. The zero-order valence-electron chi connectivity index (χ0n) is 10.4. The van der Waals surface area contributed by atoms with Gasteiger partial charge in [0.15, 0.2) is 5.78 Å². The number of esters is 1. The Bertz CT molecular complexity index is 443. The standard InChI is InChI=1S/C13H15BrO4/c1-3-18-13(16)12-9(10(15)7-8-14)5-4-6-11(12)17-2/h4-6H,3,7-8H2,1-2H3. The summed E-state index contributed by atoms with van der Waals surface area (Å²) in [4.78, 5) is 23.8. The molecule has 0 spiro atoms. The molecule has 0 aliphatic rings. The molecule has 4 nitrogen and oxygen atoms in total. The highest BCUT2D eigenvalue weighted by Crippen LogP contribution is 2.24. The van der Waals surface area contributed by atoms with E-state index in [2.05, 4.69) is 15.9 Å². The average Bonchev–Trinajstić information content (AvgIpc) is 2.38. The Balaban J connectivity index is 3.24. The quantitative estimate of drug-likeness (QED) is 0.460. The third-order valence-electron chi connectivity index (χ3n) is 2.35. The lowest BCUT2D eigenvalue weighted by Gasteiger charge is -2.11. The third kappa shape index (κ3) is 3.32. The maximum Gasteiger partial charge on any atom is 0.342 e. The SMILES string of the molecule is CCOC(=O)c1c(OC)cccc1C(=O)CCBr. The highest BCUT2D eigenvalue weighted by Gasteiger charge is 2.22. The average molecular weight is 315 g/mol. The molecule has 0 saturated carbocycles. The number of rotatable bonds is 6. The molecule has 18 heavy (non-hydrogen) atoms. The number of hydrogen-bond acceptors (Lipinski definition) is 4. The number of hydrogen-bond donors (Lipinski definition) is 0. The molecular formula is C13H15BrO4. The molecule has 0 unspecified atom stereocenters. The number of carbonyl (C=O) groups is 2. The number of Topliss-reactive ketones (excluding diaryl/α,β-unsaturated/α-hetero) is 1. The van der Waals surface area contributed by atoms with Crippen molar-refractivity contribution in [2.45, 2.75) is 13.3 Å². The third-order valence-corrected chi connectivity index (χ3v) is 2.74. The topological polar surface area (TPSA) is 52.6 Å². The van der Waals surface area contributed by atoms with Gasteiger partial charge in [0.1, 0.15) is 11.3 Å². The van der Waals surface area contributed by atoms with Crippen molar-refractivity contribution < 1.29 is 19.1 Å². The van der Waals surface area contributed by atoms with Crippen LogP contribution >= 0.6 is 15.9 Å². The largest absolute Gasteiger partial charge is 0.496 e. The lowest BCUT2D eigenvalue weighted by molar-refractivity contribution is 0.0519. The van der Waals surface area contributed by atoms with Crippen LogP contribution in [0, 0.1) is 0 Å². The molecule has 0 N–H and O–H groups in total. The van der Waals surface area contributed by atoms with Crippen molar-refractivity contribution in [3.63, 3.8) is 0 Å². The summed E-state index contributed by atoms with van der Waals surface area (Å²) in [5.74, 6) is -0.296. The van der Waals surface area contributed by atoms with Crippen molar-refractivity contribution in [2.75, 3.05) is 19.0 Å². The number of methoxy groups -OCH3 is 1. The Morgan fingerprint density at radius 2 is 2.06 bits per heavy atom. The molecule has 0 amide bonds. The highest BCUT2D eigenvalue weighted by atomic mass is 79.9. The minimum atomic E-state index is -0.534. The molecule has 0 heterocycles. The van der Waals surface area contributed by atoms with E-state index < -0.39 is 5.97 Å². The van der Waals surface area contributed by atoms with Gasteiger partial charge >= 0.3 is 5.97 Å². The number of halogens is 1. The molecule has 1 aromatic carbocycles. The molecular weight excluding hydrogens is 300 g/mol. The first-order chi connectivity index (χ1) is 8.65. The van der Waals surface area contributed by atoms with Crippen molar-refractivity contribution in [3.8, 4) is 5.75 Å². The second kappa shape index (κ2) is 7.16. The Morgan fingerprint density at radius 1 is 1.33 bits per heavy atom. The van der Waals surface area contributed by atoms with Gasteiger partial charge < -0.3 is 9.47 Å². The molecule has 0 aliphatic carbocycles. The summed E-state index contributed by atoms with van der Waals surface area (Å²) in [5, 5.41) is 0.547. The van der Waals surface area contributed by atoms with Gasteiger partial charge in [-0.15, -0.1) is 0 Å². The maximum absolute atomic E-state index is 11.9. The fourth-order valence-electron chi connectivity index (χ4n) is 1.57. The van der Waals surface area contributed by atoms with Crippen LogP contribution in [0.5, 0.6) is 5.75 Å². The normalized spacial score (nSPS) is 9.94. The molecule has 0 radical (unpaired) electrons. The van der Waals surface area contributed by atoms with Crippen LogP contribution in [0.3, 0.4) is 0 Å². The molecule has 0 fully saturated rings. The van der Waals surface area contributed by atoms with Gasteiger partial charge in [-0.3, -0.25) is 4.79 Å². The first-order valence-electron chi connectivity index (χ1n) is 5.59. The van der Waals surface area contributed by atoms with Gasteiger partial charge in [-0.2, -0.15) is 0 Å². The molecule has 0 aliphatic heterocycles. The van der Waals surface area contributed by atoms with Crippen LogP contribution in [-0.2, 0) is 4.74 Å². The summed E-state index contributed by atoms with van der Waals surface area (Å²) < 4.78 is 10.1. The van der Waals surface area contributed by atoms with Gasteiger partial charge in [0.25, 0.3) is 0 Å². The zero-order valence-corrected chi connectivity index (χ0v) is 12.0. The van der Waals surface area contributed by atoms with Gasteiger partial charge in [-0.1, -0.05) is 28.1 Å². The zero-order chi connectivity index (χ0) is 13.5. The first-order valence-corrected chi connectivity index (χ1v) is 6.71. The van der Waals surface area contributed by atoms with Crippen molar-refractivity contribution in [2.24, 2.45) is 0 Å². The molecule has 0 bridgehead atoms. The van der Waals surface area contributed by atoms with Gasteiger partial charge in [-0.25, -0.2) is 4.79 Å². The molecule has 0 saturated heterocycles. The number of ketones is 1. The van der Waals surface area contributed by atoms with Crippen molar-refractivity contribution in [1.29, 1.82) is 0 Å². The fraction of sp³-hybridized carbons (Fsp3) is 0.385. The van der Waals surface area contributed by atoms with Crippen LogP contribution < -0.4 is 4.74 Å². The van der Waals surface area contributed by atoms with Gasteiger partial charge in [-0.05, 0) is 13.0 Å². The molecule has 5 heteroatoms. The summed E-state index contributed by atoms with van der Waals surface area (Å²) in [6, 6.07) is 4.93. The second-order valence-electron chi connectivity index (χ2n) is 3.47. The smallest absolute Gasteiger partial charge is 0.342 e. The molecule has 1 rings (SSSR count). The second-order valence-corrected chi connectivity index (χ2v) is 4.26. The van der Waals surface area contributed by atoms with E-state index in [-0.39, 0.29) is 18.0 Å². The lowest BCUT2D eigenvalue weighted by atomic mass is 10.0. The Morgan fingerprint density at radius 3 is 2.61 bits per heavy atom. The van der Waals surface area contributed by atoms with E-state index in [1.807, 2.05) is 0 Å². The molecule has 1 aromatic rings. The van der Waals surface area contributed by atoms with Crippen LogP contribution in [0.25, 0.3) is 0 Å². The maximum atomic E-state index is 11.9. The number of benzene rings is 1. The van der Waals surface area contributed by atoms with Crippen LogP contribution in [0.15, 0.2) is 18.2 Å². The van der Waals surface area contributed by atoms with E-state index in [0.717, 1.165) is 0 Å². The lowest BCUT2D eigenvalue weighted by Crippen LogP contribution is -2.13. The van der Waals surface area contributed by atoms with Gasteiger partial charge in [0, 0.05) is 17.3 Å². The Hall–Kier alpha value is -1.36. The van der Waals surface area contributed by atoms with E-state index in [9.17, 15) is 9.59 Å². The molecule has 0 aromatic heterocycles. The van der Waals surface area contributed by atoms with Gasteiger partial charge in [0.05, 0.1) is 13.7 Å². The fourth-order valence-corrected chi connectivity index (χ4v) is 1.93. The summed E-state index contributed by atoms with van der Waals surface area (Å²) in [6.07, 6.45) is 0.319. The van der Waals surface area contributed by atoms with Crippen molar-refractivity contribution in [1.82, 2.24) is 0 Å². The van der Waals surface area contributed by atoms with Gasteiger partial charge in [0.2, 0.25) is 0 Å². The van der Waals surface area contributed by atoms with Crippen LogP contribution in [0.2, 0.25) is 0 Å². The van der Waals surface area contributed by atoms with Crippen LogP contribution in [-0.4, -0.2) is 30.8 Å². The summed E-state index contributed by atoms with van der Waals surface area (Å²) in [5.41, 5.74) is 0.542. The van der Waals surface area contributed by atoms with E-state index in [1.165, 1.54) is 7.11 Å². The van der Waals surface area contributed by atoms with Crippen LogP contribution in [0.1, 0.15) is 34.1 Å². The number of carbonyl (C=O) groups excluding carboxylic acids is 2. The van der Waals surface area contributed by atoms with Crippen LogP contribution in [0.4, 0.5) is 0 Å². The summed E-state index contributed by atoms with van der Waals surface area (Å²) in [6.45, 7) is 1.97. The number of ether oxygens (including phenoxy) is 2. The van der Waals surface area contributed by atoms with E-state index in [0.29, 0.717) is 23.1 Å². The number of alkyl halides is 1. The van der Waals surface area contributed by atoms with E-state index in [1.54, 1.807) is 25.1 Å². The predicted octanol–water partition coefficient (Wildman–Crippen LogP) is 2.84. The van der Waals surface area contributed by atoms with E-state index in [4.69, 9.17) is 9.47 Å². The predicted molar refractivity (Wildman–Crippen MR) is 71.7 cm³/mol. The minimum absolute atomic E-state index is 0.117.